The van der Waals surface area contributed by atoms with Crippen LogP contribution in [-0.2, 0) is 20.4 Å². The van der Waals surface area contributed by atoms with Crippen LogP contribution < -0.4 is 0 Å². The second-order valence-corrected chi connectivity index (χ2v) is 7.97. The number of carbonyl (C=O) groups excluding carboxylic acids is 1. The Kier molecular flexibility index (Phi) is 5.19. The van der Waals surface area contributed by atoms with E-state index in [9.17, 15) is 13.2 Å². The molecule has 0 bridgehead atoms. The smallest absolute Gasteiger partial charge is 0.237 e. The third-order valence-electron chi connectivity index (χ3n) is 3.95. The zero-order valence-corrected chi connectivity index (χ0v) is 13.5. The van der Waals surface area contributed by atoms with Crippen molar-refractivity contribution < 1.29 is 13.2 Å². The molecule has 1 aliphatic heterocycles. The minimum Gasteiger partial charge on any atom is -0.342 e. The molecule has 1 heterocycles. The van der Waals surface area contributed by atoms with Crippen LogP contribution in [0, 0.1) is 17.2 Å². The van der Waals surface area contributed by atoms with Crippen LogP contribution in [0.4, 0.5) is 0 Å². The van der Waals surface area contributed by atoms with Gasteiger partial charge in [-0.25, -0.2) is 8.42 Å². The van der Waals surface area contributed by atoms with Crippen molar-refractivity contribution in [2.75, 3.05) is 18.8 Å². The van der Waals surface area contributed by atoms with Crippen LogP contribution in [0.3, 0.4) is 0 Å². The van der Waals surface area contributed by atoms with Crippen LogP contribution in [-0.4, -0.2) is 38.1 Å². The molecule has 1 saturated heterocycles. The molecule has 1 amide bonds. The van der Waals surface area contributed by atoms with Gasteiger partial charge in [0.15, 0.2) is 9.84 Å². The van der Waals surface area contributed by atoms with E-state index in [1.807, 2.05) is 6.07 Å². The van der Waals surface area contributed by atoms with Gasteiger partial charge in [0.25, 0.3) is 0 Å². The van der Waals surface area contributed by atoms with Gasteiger partial charge in [-0.2, -0.15) is 5.26 Å². The average molecular weight is 320 g/mol. The first-order chi connectivity index (χ1) is 10.4. The van der Waals surface area contributed by atoms with Gasteiger partial charge in [-0.1, -0.05) is 19.1 Å². The summed E-state index contributed by atoms with van der Waals surface area (Å²) in [4.78, 5) is 13.8. The maximum Gasteiger partial charge on any atom is 0.237 e. The fourth-order valence-electron chi connectivity index (χ4n) is 2.52. The van der Waals surface area contributed by atoms with Gasteiger partial charge in [0, 0.05) is 13.1 Å². The first-order valence-electron chi connectivity index (χ1n) is 7.37. The van der Waals surface area contributed by atoms with Crippen molar-refractivity contribution in [2.24, 2.45) is 5.92 Å². The molecule has 0 unspecified atom stereocenters. The molecule has 1 aliphatic rings. The van der Waals surface area contributed by atoms with Gasteiger partial charge in [-0.15, -0.1) is 0 Å². The molecule has 118 valence electrons. The summed E-state index contributed by atoms with van der Waals surface area (Å²) in [7, 11) is -3.49. The lowest BCUT2D eigenvalue weighted by Gasteiger charge is -2.30. The SMILES string of the molecule is CC1CCN(C(=O)CS(=O)(=O)Cc2ccc(C#N)cc2)CC1. The van der Waals surface area contributed by atoms with Gasteiger partial charge in [-0.05, 0) is 36.5 Å². The predicted octanol–water partition coefficient (Wildman–Crippen LogP) is 1.73. The van der Waals surface area contributed by atoms with Crippen LogP contribution in [0.5, 0.6) is 0 Å². The highest BCUT2D eigenvalue weighted by Gasteiger charge is 2.25. The van der Waals surface area contributed by atoms with Crippen LogP contribution >= 0.6 is 0 Å². The number of carbonyl (C=O) groups is 1. The molecule has 2 rings (SSSR count). The van der Waals surface area contributed by atoms with Crippen molar-refractivity contribution in [3.05, 3.63) is 35.4 Å². The van der Waals surface area contributed by atoms with Crippen molar-refractivity contribution in [1.29, 1.82) is 5.26 Å². The number of hydrogen-bond acceptors (Lipinski definition) is 4. The van der Waals surface area contributed by atoms with E-state index in [1.54, 1.807) is 29.2 Å². The first kappa shape index (κ1) is 16.5. The summed E-state index contributed by atoms with van der Waals surface area (Å²) < 4.78 is 24.3. The zero-order valence-electron chi connectivity index (χ0n) is 12.7. The molecule has 5 nitrogen and oxygen atoms in total. The van der Waals surface area contributed by atoms with E-state index in [-0.39, 0.29) is 11.7 Å². The summed E-state index contributed by atoms with van der Waals surface area (Å²) >= 11 is 0. The Morgan fingerprint density at radius 2 is 1.86 bits per heavy atom. The molecule has 0 N–H and O–H groups in total. The van der Waals surface area contributed by atoms with Gasteiger partial charge < -0.3 is 4.90 Å². The molecule has 0 spiro atoms. The lowest BCUT2D eigenvalue weighted by atomic mass is 9.99. The molecule has 0 atom stereocenters. The Morgan fingerprint density at radius 1 is 1.27 bits per heavy atom. The first-order valence-corrected chi connectivity index (χ1v) is 9.19. The predicted molar refractivity (Wildman–Crippen MR) is 83.6 cm³/mol. The van der Waals surface area contributed by atoms with Crippen molar-refractivity contribution in [1.82, 2.24) is 4.90 Å². The van der Waals surface area contributed by atoms with E-state index in [4.69, 9.17) is 5.26 Å². The normalized spacial score (nSPS) is 16.3. The number of benzene rings is 1. The number of nitrogens with zero attached hydrogens (tertiary/aromatic N) is 2. The van der Waals surface area contributed by atoms with E-state index in [1.165, 1.54) is 0 Å². The second-order valence-electron chi connectivity index (χ2n) is 5.90. The molecule has 1 aromatic rings. The second kappa shape index (κ2) is 6.93. The number of nitriles is 1. The highest BCUT2D eigenvalue weighted by atomic mass is 32.2. The van der Waals surface area contributed by atoms with Crippen molar-refractivity contribution in [3.63, 3.8) is 0 Å². The highest BCUT2D eigenvalue weighted by molar-refractivity contribution is 7.91. The number of sulfone groups is 1. The quantitative estimate of drug-likeness (QED) is 0.846. The maximum absolute atomic E-state index is 12.2. The van der Waals surface area contributed by atoms with Gasteiger partial charge >= 0.3 is 0 Å². The number of piperidine rings is 1. The van der Waals surface area contributed by atoms with Gasteiger partial charge in [0.1, 0.15) is 5.75 Å². The van der Waals surface area contributed by atoms with E-state index < -0.39 is 15.6 Å². The van der Waals surface area contributed by atoms with Crippen LogP contribution in [0.2, 0.25) is 0 Å². The number of likely N-dealkylation sites (tertiary alicyclic amines) is 1. The van der Waals surface area contributed by atoms with E-state index in [0.717, 1.165) is 12.8 Å². The summed E-state index contributed by atoms with van der Waals surface area (Å²) in [6, 6.07) is 8.38. The minimum atomic E-state index is -3.49. The summed E-state index contributed by atoms with van der Waals surface area (Å²) in [5, 5.41) is 8.72. The number of amides is 1. The molecular formula is C16H20N2O3S. The van der Waals surface area contributed by atoms with Crippen molar-refractivity contribution in [2.45, 2.75) is 25.5 Å². The maximum atomic E-state index is 12.2. The Hall–Kier alpha value is -1.87. The lowest BCUT2D eigenvalue weighted by Crippen LogP contribution is -2.41. The van der Waals surface area contributed by atoms with Crippen molar-refractivity contribution in [3.8, 4) is 6.07 Å². The zero-order chi connectivity index (χ0) is 16.2. The van der Waals surface area contributed by atoms with Gasteiger partial charge in [0.2, 0.25) is 5.91 Å². The Balaban J connectivity index is 1.95. The Bertz CT molecular complexity index is 666. The summed E-state index contributed by atoms with van der Waals surface area (Å²) in [6.45, 7) is 3.43. The van der Waals surface area contributed by atoms with E-state index >= 15 is 0 Å². The molecule has 6 heteroatoms. The number of rotatable bonds is 4. The van der Waals surface area contributed by atoms with Gasteiger partial charge in [0.05, 0.1) is 17.4 Å². The van der Waals surface area contributed by atoms with Crippen LogP contribution in [0.15, 0.2) is 24.3 Å². The third kappa shape index (κ3) is 4.57. The molecular weight excluding hydrogens is 300 g/mol. The monoisotopic (exact) mass is 320 g/mol. The van der Waals surface area contributed by atoms with Crippen LogP contribution in [0.1, 0.15) is 30.9 Å². The fraction of sp³-hybridized carbons (Fsp3) is 0.500. The molecule has 0 aromatic heterocycles. The molecule has 0 aliphatic carbocycles. The van der Waals surface area contributed by atoms with E-state index in [0.29, 0.717) is 30.1 Å². The van der Waals surface area contributed by atoms with Crippen molar-refractivity contribution >= 4 is 15.7 Å². The Labute approximate surface area is 131 Å². The average Bonchev–Trinajstić information content (AvgIpc) is 2.47. The topological polar surface area (TPSA) is 78.2 Å². The summed E-state index contributed by atoms with van der Waals surface area (Å²) in [5.41, 5.74) is 1.08. The largest absolute Gasteiger partial charge is 0.342 e. The molecule has 1 aromatic carbocycles. The van der Waals surface area contributed by atoms with E-state index in [2.05, 4.69) is 6.92 Å². The summed E-state index contributed by atoms with van der Waals surface area (Å²) in [6.07, 6.45) is 1.86. The molecule has 1 fully saturated rings. The standard InChI is InChI=1S/C16H20N2O3S/c1-13-6-8-18(9-7-13)16(19)12-22(20,21)11-15-4-2-14(10-17)3-5-15/h2-5,13H,6-9,11-12H2,1H3. The Morgan fingerprint density at radius 3 is 2.41 bits per heavy atom. The molecule has 0 saturated carbocycles. The molecule has 22 heavy (non-hydrogen) atoms. The third-order valence-corrected chi connectivity index (χ3v) is 5.41. The van der Waals surface area contributed by atoms with Gasteiger partial charge in [-0.3, -0.25) is 4.79 Å². The fourth-order valence-corrected chi connectivity index (χ4v) is 3.88. The number of hydrogen-bond donors (Lipinski definition) is 0. The molecule has 0 radical (unpaired) electrons. The lowest BCUT2D eigenvalue weighted by molar-refractivity contribution is -0.129. The van der Waals surface area contributed by atoms with Crippen LogP contribution in [0.25, 0.3) is 0 Å². The minimum absolute atomic E-state index is 0.172. The summed E-state index contributed by atoms with van der Waals surface area (Å²) in [5.74, 6) is -0.323. The highest BCUT2D eigenvalue weighted by Crippen LogP contribution is 2.17.